The van der Waals surface area contributed by atoms with E-state index < -0.39 is 5.97 Å². The Hall–Kier alpha value is -2.51. The highest BCUT2D eigenvalue weighted by atomic mass is 32.1. The number of amides is 1. The van der Waals surface area contributed by atoms with Crippen LogP contribution in [0.1, 0.15) is 5.69 Å². The first kappa shape index (κ1) is 16.4. The summed E-state index contributed by atoms with van der Waals surface area (Å²) >= 11 is 3.08. The Bertz CT molecular complexity index is 814. The van der Waals surface area contributed by atoms with E-state index in [0.717, 1.165) is 10.6 Å². The summed E-state index contributed by atoms with van der Waals surface area (Å²) in [5.74, 6) is -0.841. The van der Waals surface area contributed by atoms with Crippen molar-refractivity contribution in [3.8, 4) is 10.6 Å². The minimum Gasteiger partial charge on any atom is -0.455 e. The van der Waals surface area contributed by atoms with Gasteiger partial charge in [-0.1, -0.05) is 18.2 Å². The predicted molar refractivity (Wildman–Crippen MR) is 95.2 cm³/mol. The second-order valence-corrected chi connectivity index (χ2v) is 6.55. The zero-order valence-corrected chi connectivity index (χ0v) is 14.2. The Morgan fingerprint density at radius 1 is 1.12 bits per heavy atom. The number of rotatable bonds is 6. The van der Waals surface area contributed by atoms with Crippen LogP contribution in [-0.4, -0.2) is 23.5 Å². The quantitative estimate of drug-likeness (QED) is 0.684. The molecule has 0 aliphatic heterocycles. The van der Waals surface area contributed by atoms with Crippen LogP contribution < -0.4 is 5.32 Å². The van der Waals surface area contributed by atoms with Gasteiger partial charge in [0.05, 0.1) is 12.1 Å². The third-order valence-corrected chi connectivity index (χ3v) is 4.69. The predicted octanol–water partition coefficient (Wildman–Crippen LogP) is 3.60. The average Bonchev–Trinajstić information content (AvgIpc) is 3.25. The SMILES string of the molecule is O=C(COC(=O)Cc1csc(-c2ccsc2)n1)Nc1ccccc1. The number of para-hydroxylation sites is 1. The van der Waals surface area contributed by atoms with Crippen LogP contribution in [0.3, 0.4) is 0 Å². The molecule has 122 valence electrons. The van der Waals surface area contributed by atoms with Crippen molar-refractivity contribution in [1.82, 2.24) is 4.98 Å². The molecule has 1 N–H and O–H groups in total. The fraction of sp³-hybridized carbons (Fsp3) is 0.118. The van der Waals surface area contributed by atoms with Crippen LogP contribution in [0, 0.1) is 0 Å². The monoisotopic (exact) mass is 358 g/mol. The van der Waals surface area contributed by atoms with Crippen molar-refractivity contribution in [2.24, 2.45) is 0 Å². The van der Waals surface area contributed by atoms with Gasteiger partial charge in [-0.25, -0.2) is 4.98 Å². The van der Waals surface area contributed by atoms with Crippen molar-refractivity contribution in [3.05, 3.63) is 58.2 Å². The van der Waals surface area contributed by atoms with Crippen LogP contribution in [0.15, 0.2) is 52.5 Å². The Labute approximate surface area is 146 Å². The zero-order chi connectivity index (χ0) is 16.8. The first-order valence-corrected chi connectivity index (χ1v) is 9.00. The summed E-state index contributed by atoms with van der Waals surface area (Å²) in [5.41, 5.74) is 2.36. The van der Waals surface area contributed by atoms with Crippen molar-refractivity contribution in [1.29, 1.82) is 0 Å². The standard InChI is InChI=1S/C17H14N2O3S2/c20-15(18-13-4-2-1-3-5-13)9-22-16(21)8-14-11-24-17(19-14)12-6-7-23-10-12/h1-7,10-11H,8-9H2,(H,18,20). The number of hydrogen-bond acceptors (Lipinski definition) is 6. The summed E-state index contributed by atoms with van der Waals surface area (Å²) in [4.78, 5) is 28.0. The fourth-order valence-corrected chi connectivity index (χ4v) is 3.50. The van der Waals surface area contributed by atoms with E-state index in [2.05, 4.69) is 10.3 Å². The molecule has 0 bridgehead atoms. The summed E-state index contributed by atoms with van der Waals surface area (Å²) in [5, 5.41) is 9.35. The molecule has 0 spiro atoms. The van der Waals surface area contributed by atoms with E-state index in [4.69, 9.17) is 4.74 Å². The van der Waals surface area contributed by atoms with Gasteiger partial charge in [0.15, 0.2) is 6.61 Å². The van der Waals surface area contributed by atoms with E-state index in [-0.39, 0.29) is 18.9 Å². The Morgan fingerprint density at radius 3 is 2.71 bits per heavy atom. The number of carbonyl (C=O) groups is 2. The molecule has 0 saturated carbocycles. The molecule has 24 heavy (non-hydrogen) atoms. The second kappa shape index (κ2) is 7.85. The molecule has 2 aromatic heterocycles. The van der Waals surface area contributed by atoms with Crippen molar-refractivity contribution in [2.45, 2.75) is 6.42 Å². The largest absolute Gasteiger partial charge is 0.455 e. The van der Waals surface area contributed by atoms with E-state index in [9.17, 15) is 9.59 Å². The van der Waals surface area contributed by atoms with Crippen LogP contribution >= 0.6 is 22.7 Å². The van der Waals surface area contributed by atoms with Crippen molar-refractivity contribution < 1.29 is 14.3 Å². The number of ether oxygens (including phenoxy) is 1. The molecule has 0 fully saturated rings. The van der Waals surface area contributed by atoms with Gasteiger partial charge in [0.2, 0.25) is 0 Å². The Kier molecular flexibility index (Phi) is 5.35. The minimum absolute atomic E-state index is 0.0548. The van der Waals surface area contributed by atoms with Crippen LogP contribution in [0.2, 0.25) is 0 Å². The number of nitrogens with one attached hydrogen (secondary N) is 1. The van der Waals surface area contributed by atoms with E-state index in [1.54, 1.807) is 23.5 Å². The molecule has 2 heterocycles. The Balaban J connectivity index is 1.47. The van der Waals surface area contributed by atoms with Gasteiger partial charge < -0.3 is 10.1 Å². The maximum atomic E-state index is 11.8. The van der Waals surface area contributed by atoms with E-state index in [1.807, 2.05) is 40.4 Å². The van der Waals surface area contributed by atoms with E-state index in [0.29, 0.717) is 11.4 Å². The molecule has 0 unspecified atom stereocenters. The van der Waals surface area contributed by atoms with Gasteiger partial charge in [-0.15, -0.1) is 11.3 Å². The third-order valence-electron chi connectivity index (χ3n) is 3.07. The zero-order valence-electron chi connectivity index (χ0n) is 12.6. The van der Waals surface area contributed by atoms with Gasteiger partial charge >= 0.3 is 5.97 Å². The van der Waals surface area contributed by atoms with E-state index >= 15 is 0 Å². The number of benzene rings is 1. The van der Waals surface area contributed by atoms with Crippen LogP contribution in [0.4, 0.5) is 5.69 Å². The molecule has 3 rings (SSSR count). The lowest BCUT2D eigenvalue weighted by molar-refractivity contribution is -0.146. The molecule has 7 heteroatoms. The van der Waals surface area contributed by atoms with Crippen LogP contribution in [0.25, 0.3) is 10.6 Å². The second-order valence-electron chi connectivity index (χ2n) is 4.91. The molecule has 0 aliphatic carbocycles. The van der Waals surface area contributed by atoms with Crippen LogP contribution in [-0.2, 0) is 20.7 Å². The minimum atomic E-state index is -0.472. The molecule has 0 aliphatic rings. The highest BCUT2D eigenvalue weighted by Crippen LogP contribution is 2.25. The lowest BCUT2D eigenvalue weighted by Gasteiger charge is -2.05. The molecular weight excluding hydrogens is 344 g/mol. The van der Waals surface area contributed by atoms with Gasteiger partial charge in [0.1, 0.15) is 5.01 Å². The average molecular weight is 358 g/mol. The number of esters is 1. The molecule has 0 saturated heterocycles. The molecular formula is C17H14N2O3S2. The van der Waals surface area contributed by atoms with Gasteiger partial charge in [0.25, 0.3) is 5.91 Å². The number of hydrogen-bond donors (Lipinski definition) is 1. The topological polar surface area (TPSA) is 68.3 Å². The highest BCUT2D eigenvalue weighted by Gasteiger charge is 2.12. The summed E-state index contributed by atoms with van der Waals surface area (Å²) in [7, 11) is 0. The van der Waals surface area contributed by atoms with Crippen LogP contribution in [0.5, 0.6) is 0 Å². The molecule has 3 aromatic rings. The van der Waals surface area contributed by atoms with Gasteiger partial charge in [-0.3, -0.25) is 9.59 Å². The van der Waals surface area contributed by atoms with Gasteiger partial charge in [-0.2, -0.15) is 11.3 Å². The lowest BCUT2D eigenvalue weighted by Crippen LogP contribution is -2.21. The van der Waals surface area contributed by atoms with Crippen molar-refractivity contribution in [2.75, 3.05) is 11.9 Å². The summed E-state index contributed by atoms with van der Waals surface area (Å²) in [6.45, 7) is -0.310. The number of carbonyl (C=O) groups excluding carboxylic acids is 2. The molecule has 0 radical (unpaired) electrons. The number of aromatic nitrogens is 1. The van der Waals surface area contributed by atoms with E-state index in [1.165, 1.54) is 11.3 Å². The summed E-state index contributed by atoms with van der Waals surface area (Å²) in [6.07, 6.45) is 0.0548. The smallest absolute Gasteiger partial charge is 0.312 e. The molecule has 0 atom stereocenters. The van der Waals surface area contributed by atoms with Gasteiger partial charge in [0, 0.05) is 22.0 Å². The summed E-state index contributed by atoms with van der Waals surface area (Å²) in [6, 6.07) is 11.0. The third kappa shape index (κ3) is 4.50. The maximum Gasteiger partial charge on any atom is 0.312 e. The molecule has 1 aromatic carbocycles. The van der Waals surface area contributed by atoms with Gasteiger partial charge in [-0.05, 0) is 23.6 Å². The van der Waals surface area contributed by atoms with Crippen molar-refractivity contribution in [3.63, 3.8) is 0 Å². The first-order chi connectivity index (χ1) is 11.7. The maximum absolute atomic E-state index is 11.8. The Morgan fingerprint density at radius 2 is 1.96 bits per heavy atom. The lowest BCUT2D eigenvalue weighted by atomic mass is 10.3. The summed E-state index contributed by atoms with van der Waals surface area (Å²) < 4.78 is 5.00. The fourth-order valence-electron chi connectivity index (χ4n) is 1.97. The highest BCUT2D eigenvalue weighted by molar-refractivity contribution is 7.14. The number of anilines is 1. The number of thiazole rings is 1. The number of nitrogens with zero attached hydrogens (tertiary/aromatic N) is 1. The normalized spacial score (nSPS) is 10.3. The molecule has 1 amide bonds. The molecule has 5 nitrogen and oxygen atoms in total. The number of thiophene rings is 1. The van der Waals surface area contributed by atoms with Crippen molar-refractivity contribution >= 4 is 40.2 Å². The first-order valence-electron chi connectivity index (χ1n) is 7.18.